The molecule has 6 rings (SSSR count). The van der Waals surface area contributed by atoms with E-state index in [9.17, 15) is 10.1 Å². The maximum absolute atomic E-state index is 13.8. The number of carbonyl (C=O) groups excluding carboxylic acids is 1. The molecule has 34 heavy (non-hydrogen) atoms. The quantitative estimate of drug-likeness (QED) is 0.595. The number of hydrogen-bond acceptors (Lipinski definition) is 6. The van der Waals surface area contributed by atoms with Crippen molar-refractivity contribution in [2.75, 3.05) is 4.90 Å². The molecule has 1 aromatic heterocycles. The molecule has 2 N–H and O–H groups in total. The van der Waals surface area contributed by atoms with Crippen LogP contribution in [0.5, 0.6) is 0 Å². The minimum Gasteiger partial charge on any atom is -0.469 e. The second kappa shape index (κ2) is 7.60. The highest BCUT2D eigenvalue weighted by Gasteiger charge is 2.45. The predicted molar refractivity (Wildman–Crippen MR) is 129 cm³/mol. The molecule has 0 saturated heterocycles. The van der Waals surface area contributed by atoms with Crippen LogP contribution in [0.1, 0.15) is 47.1 Å². The van der Waals surface area contributed by atoms with Gasteiger partial charge in [-0.05, 0) is 43.2 Å². The molecule has 0 unspecified atom stereocenters. The number of nitriles is 1. The predicted octanol–water partition coefficient (Wildman–Crippen LogP) is 5.05. The van der Waals surface area contributed by atoms with Gasteiger partial charge in [0.25, 0.3) is 0 Å². The summed E-state index contributed by atoms with van der Waals surface area (Å²) < 4.78 is 5.69. The first kappa shape index (κ1) is 20.3. The van der Waals surface area contributed by atoms with E-state index in [1.165, 1.54) is 0 Å². The summed E-state index contributed by atoms with van der Waals surface area (Å²) in [5.41, 5.74) is 12.0. The number of hydrogen-bond donors (Lipinski definition) is 1. The molecular formula is C28H22N4O2. The lowest BCUT2D eigenvalue weighted by atomic mass is 9.72. The zero-order valence-electron chi connectivity index (χ0n) is 18.7. The van der Waals surface area contributed by atoms with Crippen molar-refractivity contribution >= 4 is 17.3 Å². The maximum atomic E-state index is 13.8. The number of aryl methyl sites for hydroxylation is 1. The Morgan fingerprint density at radius 3 is 2.62 bits per heavy atom. The monoisotopic (exact) mass is 446 g/mol. The summed E-state index contributed by atoms with van der Waals surface area (Å²) >= 11 is 0. The number of benzene rings is 2. The van der Waals surface area contributed by atoms with E-state index < -0.39 is 5.92 Å². The number of furan rings is 1. The molecule has 2 atom stereocenters. The van der Waals surface area contributed by atoms with Crippen LogP contribution in [0.25, 0.3) is 0 Å². The number of rotatable bonds is 2. The lowest BCUT2D eigenvalue weighted by Crippen LogP contribution is -2.40. The number of fused-ring (bicyclic) bond motifs is 4. The molecule has 6 nitrogen and oxygen atoms in total. The molecule has 2 aliphatic heterocycles. The first-order valence-corrected chi connectivity index (χ1v) is 11.3. The normalized spacial score (nSPS) is 21.5. The zero-order valence-corrected chi connectivity index (χ0v) is 18.7. The Kier molecular flexibility index (Phi) is 4.53. The van der Waals surface area contributed by atoms with Crippen LogP contribution in [0.4, 0.5) is 5.69 Å². The summed E-state index contributed by atoms with van der Waals surface area (Å²) in [6, 6.07) is 21.9. The summed E-state index contributed by atoms with van der Waals surface area (Å²) in [5.74, 6) is 1.11. The van der Waals surface area contributed by atoms with Crippen molar-refractivity contribution in [3.05, 3.63) is 112 Å². The molecule has 1 aliphatic carbocycles. The Hall–Kier alpha value is -4.37. The number of nitrogens with two attached hydrogens (primary N) is 1. The van der Waals surface area contributed by atoms with E-state index in [4.69, 9.17) is 15.1 Å². The number of para-hydroxylation sites is 1. The molecule has 0 amide bonds. The van der Waals surface area contributed by atoms with Crippen LogP contribution in [-0.4, -0.2) is 11.6 Å². The standard InChI is InChI=1S/C28H22N4O2/c1-16-8-10-17(11-9-16)25-20(15-29)28-31-27(30)19-5-2-3-6-21(19)32(28)22-13-18(14-23(33)26(22)25)24-7-4-12-34-24/h2-12,18,25H,13-14H2,1H3,(H2,30,31)/t18-,25-/m1/s1. The van der Waals surface area contributed by atoms with Crippen molar-refractivity contribution in [3.63, 3.8) is 0 Å². The van der Waals surface area contributed by atoms with Crippen LogP contribution >= 0.6 is 0 Å². The van der Waals surface area contributed by atoms with Crippen LogP contribution < -0.4 is 10.6 Å². The summed E-state index contributed by atoms with van der Waals surface area (Å²) in [6.45, 7) is 2.02. The molecular weight excluding hydrogens is 424 g/mol. The minimum absolute atomic E-state index is 0.0278. The fourth-order valence-electron chi connectivity index (χ4n) is 5.33. The van der Waals surface area contributed by atoms with E-state index in [0.717, 1.165) is 33.8 Å². The Morgan fingerprint density at radius 1 is 1.09 bits per heavy atom. The highest BCUT2D eigenvalue weighted by atomic mass is 16.3. The second-order valence-corrected chi connectivity index (χ2v) is 8.95. The third kappa shape index (κ3) is 2.94. The summed E-state index contributed by atoms with van der Waals surface area (Å²) in [4.78, 5) is 20.5. The van der Waals surface area contributed by atoms with Gasteiger partial charge in [-0.2, -0.15) is 5.26 Å². The number of Topliss-reactive ketones (excluding diaryl/α,β-unsaturated/α-hetero) is 1. The molecule has 0 spiro atoms. The van der Waals surface area contributed by atoms with Gasteiger partial charge in [0.05, 0.1) is 29.5 Å². The Balaban J connectivity index is 1.62. The molecule has 2 aromatic carbocycles. The lowest BCUT2D eigenvalue weighted by molar-refractivity contribution is -0.116. The third-order valence-corrected chi connectivity index (χ3v) is 6.91. The molecule has 6 heteroatoms. The van der Waals surface area contributed by atoms with Gasteiger partial charge in [-0.15, -0.1) is 0 Å². The average Bonchev–Trinajstić information content (AvgIpc) is 3.39. The van der Waals surface area contributed by atoms with E-state index >= 15 is 0 Å². The maximum Gasteiger partial charge on any atom is 0.162 e. The van der Waals surface area contributed by atoms with Gasteiger partial charge in [-0.1, -0.05) is 42.0 Å². The van der Waals surface area contributed by atoms with Crippen LogP contribution in [0, 0.1) is 18.3 Å². The van der Waals surface area contributed by atoms with E-state index in [1.807, 2.05) is 72.5 Å². The van der Waals surface area contributed by atoms with Gasteiger partial charge in [0.15, 0.2) is 11.6 Å². The SMILES string of the molecule is Cc1ccc([C@@H]2C(C#N)=C3N=C(N)c4ccccc4N3C3=C2C(=O)C[C@H](c2ccco2)C3)cc1. The van der Waals surface area contributed by atoms with Crippen molar-refractivity contribution < 1.29 is 9.21 Å². The van der Waals surface area contributed by atoms with Gasteiger partial charge in [-0.25, -0.2) is 4.99 Å². The fourth-order valence-corrected chi connectivity index (χ4v) is 5.33. The van der Waals surface area contributed by atoms with Crippen molar-refractivity contribution in [2.45, 2.75) is 31.6 Å². The number of nitrogens with zero attached hydrogens (tertiary/aromatic N) is 3. The number of ketones is 1. The first-order chi connectivity index (χ1) is 16.6. The van der Waals surface area contributed by atoms with Crippen LogP contribution in [0.15, 0.2) is 99.0 Å². The third-order valence-electron chi connectivity index (χ3n) is 6.91. The van der Waals surface area contributed by atoms with E-state index in [1.54, 1.807) is 6.26 Å². The van der Waals surface area contributed by atoms with Crippen LogP contribution in [0.2, 0.25) is 0 Å². The number of amidine groups is 1. The fraction of sp³-hybridized carbons (Fsp3) is 0.179. The molecule has 3 aromatic rings. The number of anilines is 1. The molecule has 0 bridgehead atoms. The molecule has 0 saturated carbocycles. The largest absolute Gasteiger partial charge is 0.469 e. The smallest absolute Gasteiger partial charge is 0.162 e. The van der Waals surface area contributed by atoms with E-state index in [-0.39, 0.29) is 11.7 Å². The van der Waals surface area contributed by atoms with Gasteiger partial charge < -0.3 is 10.2 Å². The molecule has 166 valence electrons. The van der Waals surface area contributed by atoms with Gasteiger partial charge >= 0.3 is 0 Å². The molecule has 3 aliphatic rings. The van der Waals surface area contributed by atoms with Crippen LogP contribution in [0.3, 0.4) is 0 Å². The Labute approximate surface area is 197 Å². The highest BCUT2D eigenvalue weighted by Crippen LogP contribution is 2.51. The van der Waals surface area contributed by atoms with Crippen molar-refractivity contribution in [1.29, 1.82) is 5.26 Å². The summed E-state index contributed by atoms with van der Waals surface area (Å²) in [7, 11) is 0. The van der Waals surface area contributed by atoms with Gasteiger partial charge in [0, 0.05) is 29.2 Å². The number of aliphatic imine (C=N–C) groups is 1. The van der Waals surface area contributed by atoms with Crippen molar-refractivity contribution in [2.24, 2.45) is 10.7 Å². The minimum atomic E-state index is -0.487. The van der Waals surface area contributed by atoms with E-state index in [0.29, 0.717) is 35.6 Å². The summed E-state index contributed by atoms with van der Waals surface area (Å²) in [6.07, 6.45) is 2.58. The number of allylic oxidation sites excluding steroid dienone is 3. The number of carbonyl (C=O) groups is 1. The van der Waals surface area contributed by atoms with Crippen LogP contribution in [-0.2, 0) is 4.79 Å². The van der Waals surface area contributed by atoms with Gasteiger partial charge in [-0.3, -0.25) is 9.69 Å². The topological polar surface area (TPSA) is 95.6 Å². The Morgan fingerprint density at radius 2 is 1.88 bits per heavy atom. The van der Waals surface area contributed by atoms with Gasteiger partial charge in [0.1, 0.15) is 11.6 Å². The van der Waals surface area contributed by atoms with E-state index in [2.05, 4.69) is 6.07 Å². The summed E-state index contributed by atoms with van der Waals surface area (Å²) in [5, 5.41) is 10.3. The molecule has 3 heterocycles. The van der Waals surface area contributed by atoms with Crippen molar-refractivity contribution in [3.8, 4) is 6.07 Å². The first-order valence-electron chi connectivity index (χ1n) is 11.3. The lowest BCUT2D eigenvalue weighted by Gasteiger charge is -2.43. The van der Waals surface area contributed by atoms with Gasteiger partial charge in [0.2, 0.25) is 0 Å². The zero-order chi connectivity index (χ0) is 23.4. The highest BCUT2D eigenvalue weighted by molar-refractivity contribution is 6.08. The average molecular weight is 447 g/mol. The Bertz CT molecular complexity index is 1450. The van der Waals surface area contributed by atoms with Crippen molar-refractivity contribution in [1.82, 2.24) is 0 Å². The second-order valence-electron chi connectivity index (χ2n) is 8.95. The molecule has 0 fully saturated rings. The molecule has 0 radical (unpaired) electrons.